The van der Waals surface area contributed by atoms with Crippen molar-refractivity contribution in [3.05, 3.63) is 59.7 Å². The van der Waals surface area contributed by atoms with Gasteiger partial charge in [-0.2, -0.15) is 0 Å². The number of ether oxygens (including phenoxy) is 2. The van der Waals surface area contributed by atoms with Gasteiger partial charge in [0, 0.05) is 24.2 Å². The maximum Gasteiger partial charge on any atom is 0.127 e. The summed E-state index contributed by atoms with van der Waals surface area (Å²) in [6, 6.07) is 15.3. The first-order chi connectivity index (χ1) is 10.7. The monoisotopic (exact) mass is 301 g/mol. The average molecular weight is 301 g/mol. The van der Waals surface area contributed by atoms with Crippen molar-refractivity contribution in [3.8, 4) is 11.5 Å². The van der Waals surface area contributed by atoms with Crippen LogP contribution in [0.4, 0.5) is 0 Å². The van der Waals surface area contributed by atoms with Crippen LogP contribution in [0.5, 0.6) is 11.5 Å². The molecule has 0 heterocycles. The van der Waals surface area contributed by atoms with Gasteiger partial charge < -0.3 is 19.9 Å². The first-order valence-corrected chi connectivity index (χ1v) is 7.33. The molecule has 2 N–H and O–H groups in total. The Morgan fingerprint density at radius 3 is 2.41 bits per heavy atom. The van der Waals surface area contributed by atoms with E-state index in [1.165, 1.54) is 0 Å². The van der Waals surface area contributed by atoms with Gasteiger partial charge in [0.25, 0.3) is 0 Å². The van der Waals surface area contributed by atoms with Gasteiger partial charge in [0.2, 0.25) is 0 Å². The van der Waals surface area contributed by atoms with Gasteiger partial charge in [0.1, 0.15) is 11.5 Å². The van der Waals surface area contributed by atoms with Crippen LogP contribution in [0, 0.1) is 0 Å². The molecule has 0 aliphatic rings. The summed E-state index contributed by atoms with van der Waals surface area (Å²) >= 11 is 0. The summed E-state index contributed by atoms with van der Waals surface area (Å²) in [6.07, 6.45) is -0.551. The Kier molecular flexibility index (Phi) is 5.81. The number of nitrogens with one attached hydrogen (secondary N) is 1. The molecule has 2 aromatic rings. The topological polar surface area (TPSA) is 50.7 Å². The lowest BCUT2D eigenvalue weighted by molar-refractivity contribution is 0.135. The standard InChI is InChI=1S/C18H23NO3/c1-13(18(20)14-7-5-4-6-8-14)19-12-15-9-10-16(21-2)11-17(15)22-3/h4-11,13,18-20H,12H2,1-3H3. The summed E-state index contributed by atoms with van der Waals surface area (Å²) in [4.78, 5) is 0. The number of hydrogen-bond donors (Lipinski definition) is 2. The second-order valence-electron chi connectivity index (χ2n) is 5.20. The molecule has 0 aromatic heterocycles. The third-order valence-corrected chi connectivity index (χ3v) is 3.72. The fraction of sp³-hybridized carbons (Fsp3) is 0.333. The number of aliphatic hydroxyl groups is 1. The highest BCUT2D eigenvalue weighted by Crippen LogP contribution is 2.25. The van der Waals surface area contributed by atoms with Crippen LogP contribution in [-0.2, 0) is 6.54 Å². The van der Waals surface area contributed by atoms with E-state index in [0.717, 1.165) is 22.6 Å². The highest BCUT2D eigenvalue weighted by atomic mass is 16.5. The molecule has 0 aliphatic heterocycles. The Morgan fingerprint density at radius 1 is 1.05 bits per heavy atom. The number of hydrogen-bond acceptors (Lipinski definition) is 4. The molecule has 0 amide bonds. The van der Waals surface area contributed by atoms with Crippen molar-refractivity contribution >= 4 is 0 Å². The molecule has 0 radical (unpaired) electrons. The fourth-order valence-electron chi connectivity index (χ4n) is 2.32. The van der Waals surface area contributed by atoms with Crippen LogP contribution in [0.15, 0.2) is 48.5 Å². The normalized spacial score (nSPS) is 13.5. The average Bonchev–Trinajstić information content (AvgIpc) is 2.59. The summed E-state index contributed by atoms with van der Waals surface area (Å²) in [5, 5.41) is 13.7. The number of benzene rings is 2. The van der Waals surface area contributed by atoms with Crippen molar-refractivity contribution < 1.29 is 14.6 Å². The lowest BCUT2D eigenvalue weighted by Gasteiger charge is -2.21. The van der Waals surface area contributed by atoms with Gasteiger partial charge in [-0.25, -0.2) is 0 Å². The molecule has 118 valence electrons. The molecule has 0 fully saturated rings. The van der Waals surface area contributed by atoms with Crippen LogP contribution in [0.25, 0.3) is 0 Å². The molecule has 0 bridgehead atoms. The summed E-state index contributed by atoms with van der Waals surface area (Å²) in [5.41, 5.74) is 1.93. The van der Waals surface area contributed by atoms with Crippen molar-refractivity contribution in [1.82, 2.24) is 5.32 Å². The molecule has 22 heavy (non-hydrogen) atoms. The molecule has 0 spiro atoms. The molecule has 2 unspecified atom stereocenters. The highest BCUT2D eigenvalue weighted by Gasteiger charge is 2.16. The molecular weight excluding hydrogens is 278 g/mol. The first-order valence-electron chi connectivity index (χ1n) is 7.33. The van der Waals surface area contributed by atoms with Gasteiger partial charge in [-0.1, -0.05) is 36.4 Å². The minimum atomic E-state index is -0.551. The van der Waals surface area contributed by atoms with E-state index < -0.39 is 6.10 Å². The van der Waals surface area contributed by atoms with Crippen molar-refractivity contribution in [2.75, 3.05) is 14.2 Å². The number of rotatable bonds is 7. The smallest absolute Gasteiger partial charge is 0.127 e. The quantitative estimate of drug-likeness (QED) is 0.825. The van der Waals surface area contributed by atoms with E-state index in [9.17, 15) is 5.11 Å². The van der Waals surface area contributed by atoms with Crippen molar-refractivity contribution in [2.24, 2.45) is 0 Å². The third-order valence-electron chi connectivity index (χ3n) is 3.72. The molecule has 2 atom stereocenters. The number of aliphatic hydroxyl groups excluding tert-OH is 1. The van der Waals surface area contributed by atoms with Gasteiger partial charge in [-0.15, -0.1) is 0 Å². The van der Waals surface area contributed by atoms with E-state index in [-0.39, 0.29) is 6.04 Å². The van der Waals surface area contributed by atoms with Crippen LogP contribution in [0.3, 0.4) is 0 Å². The molecule has 0 saturated heterocycles. The van der Waals surface area contributed by atoms with Crippen LogP contribution in [-0.4, -0.2) is 25.4 Å². The highest BCUT2D eigenvalue weighted by molar-refractivity contribution is 5.40. The maximum absolute atomic E-state index is 10.4. The van der Waals surface area contributed by atoms with Gasteiger partial charge in [0.15, 0.2) is 0 Å². The van der Waals surface area contributed by atoms with E-state index in [2.05, 4.69) is 5.32 Å². The molecule has 0 saturated carbocycles. The predicted molar refractivity (Wildman–Crippen MR) is 87.2 cm³/mol. The Morgan fingerprint density at radius 2 is 1.77 bits per heavy atom. The van der Waals surface area contributed by atoms with Crippen LogP contribution < -0.4 is 14.8 Å². The molecule has 0 aliphatic carbocycles. The largest absolute Gasteiger partial charge is 0.497 e. The lowest BCUT2D eigenvalue weighted by atomic mass is 10.0. The molecular formula is C18H23NO3. The predicted octanol–water partition coefficient (Wildman–Crippen LogP) is 2.92. The minimum Gasteiger partial charge on any atom is -0.497 e. The Hall–Kier alpha value is -2.04. The SMILES string of the molecule is COc1ccc(CNC(C)C(O)c2ccccc2)c(OC)c1. The summed E-state index contributed by atoms with van der Waals surface area (Å²) < 4.78 is 10.6. The van der Waals surface area contributed by atoms with Crippen LogP contribution in [0.2, 0.25) is 0 Å². The zero-order valence-corrected chi connectivity index (χ0v) is 13.2. The van der Waals surface area contributed by atoms with Crippen molar-refractivity contribution in [3.63, 3.8) is 0 Å². The Balaban J connectivity index is 2.00. The van der Waals surface area contributed by atoms with Crippen LogP contribution >= 0.6 is 0 Å². The summed E-state index contributed by atoms with van der Waals surface area (Å²) in [7, 11) is 3.27. The van der Waals surface area contributed by atoms with Gasteiger partial charge in [0.05, 0.1) is 20.3 Å². The van der Waals surface area contributed by atoms with Gasteiger partial charge >= 0.3 is 0 Å². The number of methoxy groups -OCH3 is 2. The van der Waals surface area contributed by atoms with E-state index in [1.807, 2.05) is 55.5 Å². The first kappa shape index (κ1) is 16.3. The van der Waals surface area contributed by atoms with E-state index in [0.29, 0.717) is 6.54 Å². The Labute approximate surface area is 131 Å². The molecule has 4 heteroatoms. The maximum atomic E-state index is 10.4. The van der Waals surface area contributed by atoms with Crippen molar-refractivity contribution in [1.29, 1.82) is 0 Å². The fourth-order valence-corrected chi connectivity index (χ4v) is 2.32. The summed E-state index contributed by atoms with van der Waals surface area (Å²) in [6.45, 7) is 2.58. The van der Waals surface area contributed by atoms with E-state index in [4.69, 9.17) is 9.47 Å². The van der Waals surface area contributed by atoms with Gasteiger partial charge in [-0.3, -0.25) is 0 Å². The Bertz CT molecular complexity index is 586. The van der Waals surface area contributed by atoms with E-state index >= 15 is 0 Å². The zero-order valence-electron chi connectivity index (χ0n) is 13.2. The summed E-state index contributed by atoms with van der Waals surface area (Å²) in [5.74, 6) is 1.53. The molecule has 4 nitrogen and oxygen atoms in total. The van der Waals surface area contributed by atoms with Gasteiger partial charge in [-0.05, 0) is 18.6 Å². The lowest BCUT2D eigenvalue weighted by Crippen LogP contribution is -2.31. The second-order valence-corrected chi connectivity index (χ2v) is 5.20. The minimum absolute atomic E-state index is 0.0748. The third kappa shape index (κ3) is 4.00. The molecule has 2 rings (SSSR count). The van der Waals surface area contributed by atoms with Crippen molar-refractivity contribution in [2.45, 2.75) is 25.6 Å². The van der Waals surface area contributed by atoms with Crippen LogP contribution in [0.1, 0.15) is 24.2 Å². The van der Waals surface area contributed by atoms with E-state index in [1.54, 1.807) is 14.2 Å². The second kappa shape index (κ2) is 7.82. The molecule has 2 aromatic carbocycles. The zero-order chi connectivity index (χ0) is 15.9.